The number of piperazine rings is 1. The van der Waals surface area contributed by atoms with E-state index in [2.05, 4.69) is 46.0 Å². The smallest absolute Gasteiger partial charge is 0.251 e. The zero-order valence-electron chi connectivity index (χ0n) is 15.6. The van der Waals surface area contributed by atoms with Gasteiger partial charge >= 0.3 is 0 Å². The van der Waals surface area contributed by atoms with Gasteiger partial charge < -0.3 is 15.0 Å². The predicted octanol–water partition coefficient (Wildman–Crippen LogP) is 2.80. The zero-order chi connectivity index (χ0) is 18.9. The van der Waals surface area contributed by atoms with Gasteiger partial charge in [0, 0.05) is 50.5 Å². The monoisotopic (exact) mass is 365 g/mol. The molecule has 0 bridgehead atoms. The van der Waals surface area contributed by atoms with E-state index in [9.17, 15) is 4.79 Å². The van der Waals surface area contributed by atoms with Gasteiger partial charge in [-0.1, -0.05) is 30.9 Å². The number of benzene rings is 2. The third kappa shape index (κ3) is 5.59. The number of carbonyl (C=O) groups is 1. The minimum Gasteiger partial charge on any atom is -0.490 e. The van der Waals surface area contributed by atoms with Crippen LogP contribution in [-0.2, 0) is 0 Å². The molecule has 142 valence electrons. The summed E-state index contributed by atoms with van der Waals surface area (Å²) in [6.45, 7) is 9.66. The lowest BCUT2D eigenvalue weighted by Crippen LogP contribution is -2.48. The fraction of sp³-hybridized carbons (Fsp3) is 0.318. The highest BCUT2D eigenvalue weighted by Gasteiger charge is 2.16. The number of anilines is 1. The highest BCUT2D eigenvalue weighted by molar-refractivity contribution is 5.94. The molecule has 3 rings (SSSR count). The number of rotatable bonds is 8. The molecule has 0 unspecified atom stereocenters. The topological polar surface area (TPSA) is 44.8 Å². The highest BCUT2D eigenvalue weighted by atomic mass is 16.5. The van der Waals surface area contributed by atoms with Gasteiger partial charge in [-0.3, -0.25) is 9.69 Å². The van der Waals surface area contributed by atoms with E-state index in [1.807, 2.05) is 6.07 Å². The van der Waals surface area contributed by atoms with E-state index < -0.39 is 0 Å². The number of ether oxygens (including phenoxy) is 1. The quantitative estimate of drug-likeness (QED) is 0.731. The van der Waals surface area contributed by atoms with Gasteiger partial charge in [0.2, 0.25) is 0 Å². The van der Waals surface area contributed by atoms with Gasteiger partial charge in [-0.2, -0.15) is 0 Å². The van der Waals surface area contributed by atoms with Crippen molar-refractivity contribution in [2.45, 2.75) is 0 Å². The average molecular weight is 365 g/mol. The number of amides is 1. The second kappa shape index (κ2) is 9.78. The van der Waals surface area contributed by atoms with E-state index in [-0.39, 0.29) is 5.91 Å². The molecule has 1 heterocycles. The number of nitrogens with one attached hydrogen (secondary N) is 1. The van der Waals surface area contributed by atoms with Crippen LogP contribution in [0.3, 0.4) is 0 Å². The summed E-state index contributed by atoms with van der Waals surface area (Å²) in [4.78, 5) is 17.1. The Morgan fingerprint density at radius 3 is 2.41 bits per heavy atom. The van der Waals surface area contributed by atoms with Gasteiger partial charge in [-0.15, -0.1) is 0 Å². The van der Waals surface area contributed by atoms with Crippen LogP contribution in [0.5, 0.6) is 5.75 Å². The Bertz CT molecular complexity index is 723. The molecule has 1 aliphatic rings. The Morgan fingerprint density at radius 2 is 1.74 bits per heavy atom. The van der Waals surface area contributed by atoms with Crippen LogP contribution < -0.4 is 15.0 Å². The van der Waals surface area contributed by atoms with Crippen LogP contribution in [0.15, 0.2) is 67.3 Å². The van der Waals surface area contributed by atoms with E-state index in [0.717, 1.165) is 38.5 Å². The van der Waals surface area contributed by atoms with E-state index in [1.54, 1.807) is 30.3 Å². The number of nitrogens with zero attached hydrogens (tertiary/aromatic N) is 2. The molecule has 0 saturated carbocycles. The van der Waals surface area contributed by atoms with Gasteiger partial charge in [0.1, 0.15) is 12.4 Å². The molecule has 27 heavy (non-hydrogen) atoms. The number of hydrogen-bond donors (Lipinski definition) is 1. The van der Waals surface area contributed by atoms with Crippen molar-refractivity contribution in [3.8, 4) is 5.75 Å². The molecule has 0 spiro atoms. The van der Waals surface area contributed by atoms with E-state index in [1.165, 1.54) is 5.69 Å². The number of carbonyl (C=O) groups excluding carboxylic acids is 1. The van der Waals surface area contributed by atoms with Crippen molar-refractivity contribution < 1.29 is 9.53 Å². The van der Waals surface area contributed by atoms with Crippen molar-refractivity contribution in [2.24, 2.45) is 0 Å². The fourth-order valence-corrected chi connectivity index (χ4v) is 3.16. The van der Waals surface area contributed by atoms with Crippen LogP contribution in [0.4, 0.5) is 5.69 Å². The molecule has 1 N–H and O–H groups in total. The summed E-state index contributed by atoms with van der Waals surface area (Å²) in [5, 5.41) is 3.00. The lowest BCUT2D eigenvalue weighted by Gasteiger charge is -2.36. The molecular weight excluding hydrogens is 338 g/mol. The molecule has 0 aromatic heterocycles. The minimum absolute atomic E-state index is 0.0480. The lowest BCUT2D eigenvalue weighted by atomic mass is 10.2. The zero-order valence-corrected chi connectivity index (χ0v) is 15.6. The van der Waals surface area contributed by atoms with Crippen molar-refractivity contribution in [2.75, 3.05) is 50.8 Å². The summed E-state index contributed by atoms with van der Waals surface area (Å²) in [6, 6.07) is 17.7. The fourth-order valence-electron chi connectivity index (χ4n) is 3.16. The Hall–Kier alpha value is -2.79. The maximum Gasteiger partial charge on any atom is 0.251 e. The number of para-hydroxylation sites is 1. The maximum atomic E-state index is 12.3. The Balaban J connectivity index is 1.37. The second-order valence-electron chi connectivity index (χ2n) is 6.54. The molecule has 5 nitrogen and oxygen atoms in total. The largest absolute Gasteiger partial charge is 0.490 e. The van der Waals surface area contributed by atoms with Gasteiger partial charge in [0.15, 0.2) is 0 Å². The molecule has 1 saturated heterocycles. The Morgan fingerprint density at radius 1 is 1.04 bits per heavy atom. The van der Waals surface area contributed by atoms with Crippen molar-refractivity contribution in [3.05, 3.63) is 72.8 Å². The molecule has 0 aliphatic carbocycles. The van der Waals surface area contributed by atoms with E-state index >= 15 is 0 Å². The summed E-state index contributed by atoms with van der Waals surface area (Å²) < 4.78 is 5.43. The first-order valence-corrected chi connectivity index (χ1v) is 9.40. The van der Waals surface area contributed by atoms with Crippen LogP contribution in [0, 0.1) is 0 Å². The van der Waals surface area contributed by atoms with Crippen LogP contribution in [0.2, 0.25) is 0 Å². The molecular formula is C22H27N3O2. The Kier molecular flexibility index (Phi) is 6.88. The Labute approximate surface area is 161 Å². The van der Waals surface area contributed by atoms with Gasteiger partial charge in [0.05, 0.1) is 0 Å². The van der Waals surface area contributed by atoms with Crippen LogP contribution in [0.1, 0.15) is 10.4 Å². The first-order chi connectivity index (χ1) is 13.3. The third-order valence-corrected chi connectivity index (χ3v) is 4.69. The van der Waals surface area contributed by atoms with Gasteiger partial charge in [0.25, 0.3) is 5.91 Å². The highest BCUT2D eigenvalue weighted by Crippen LogP contribution is 2.15. The summed E-state index contributed by atoms with van der Waals surface area (Å²) in [6.07, 6.45) is 1.69. The van der Waals surface area contributed by atoms with Crippen molar-refractivity contribution in [1.82, 2.24) is 10.2 Å². The molecule has 2 aromatic carbocycles. The lowest BCUT2D eigenvalue weighted by molar-refractivity contribution is 0.0947. The molecule has 2 aromatic rings. The molecule has 0 radical (unpaired) electrons. The summed E-state index contributed by atoms with van der Waals surface area (Å²) in [7, 11) is 0. The first-order valence-electron chi connectivity index (χ1n) is 9.40. The van der Waals surface area contributed by atoms with Crippen LogP contribution in [-0.4, -0.2) is 56.7 Å². The molecule has 1 amide bonds. The molecule has 1 fully saturated rings. The van der Waals surface area contributed by atoms with Gasteiger partial charge in [-0.25, -0.2) is 0 Å². The minimum atomic E-state index is -0.0480. The van der Waals surface area contributed by atoms with Gasteiger partial charge in [-0.05, 0) is 36.4 Å². The van der Waals surface area contributed by atoms with Crippen molar-refractivity contribution in [1.29, 1.82) is 0 Å². The van der Waals surface area contributed by atoms with E-state index in [4.69, 9.17) is 4.74 Å². The third-order valence-electron chi connectivity index (χ3n) is 4.69. The normalized spacial score (nSPS) is 14.6. The summed E-state index contributed by atoms with van der Waals surface area (Å²) >= 11 is 0. The first kappa shape index (κ1) is 19.0. The van der Waals surface area contributed by atoms with Crippen LogP contribution in [0.25, 0.3) is 0 Å². The average Bonchev–Trinajstić information content (AvgIpc) is 2.73. The SMILES string of the molecule is C=CCOc1ccc(C(=O)NCCN2CCN(c3ccccc3)CC2)cc1. The number of hydrogen-bond acceptors (Lipinski definition) is 4. The molecule has 5 heteroatoms. The van der Waals surface area contributed by atoms with Crippen LogP contribution >= 0.6 is 0 Å². The van der Waals surface area contributed by atoms with Crippen molar-refractivity contribution in [3.63, 3.8) is 0 Å². The summed E-state index contributed by atoms with van der Waals surface area (Å²) in [5.74, 6) is 0.691. The standard InChI is InChI=1S/C22H27N3O2/c1-2-18-27-21-10-8-19(9-11-21)22(26)23-12-13-24-14-16-25(17-15-24)20-6-4-3-5-7-20/h2-11H,1,12-18H2,(H,23,26). The van der Waals surface area contributed by atoms with E-state index in [0.29, 0.717) is 18.7 Å². The second-order valence-corrected chi connectivity index (χ2v) is 6.54. The predicted molar refractivity (Wildman–Crippen MR) is 110 cm³/mol. The summed E-state index contributed by atoms with van der Waals surface area (Å²) in [5.41, 5.74) is 1.93. The van der Waals surface area contributed by atoms with Crippen molar-refractivity contribution >= 4 is 11.6 Å². The molecule has 1 aliphatic heterocycles. The maximum absolute atomic E-state index is 12.3. The molecule has 0 atom stereocenters.